The molecular weight excluding hydrogens is 1880 g/mol. The second-order valence-electron chi connectivity index (χ2n) is 28.8. The third-order valence-electron chi connectivity index (χ3n) is 20.8. The highest BCUT2D eigenvalue weighted by Crippen LogP contribution is 2.39. The van der Waals surface area contributed by atoms with E-state index in [4.69, 9.17) is 4.18 Å². The van der Waals surface area contributed by atoms with Crippen LogP contribution in [0.1, 0.15) is 116 Å². The van der Waals surface area contributed by atoms with Crippen LogP contribution in [0.3, 0.4) is 0 Å². The number of pyridine rings is 3. The lowest BCUT2D eigenvalue weighted by molar-refractivity contribution is 0.141. The summed E-state index contributed by atoms with van der Waals surface area (Å²) in [6.45, 7) is 8.35. The van der Waals surface area contributed by atoms with E-state index in [1.807, 2.05) is 114 Å². The molecule has 6 aromatic heterocycles. The van der Waals surface area contributed by atoms with Gasteiger partial charge in [0.1, 0.15) is 55.4 Å². The van der Waals surface area contributed by atoms with E-state index in [0.717, 1.165) is 35.2 Å². The number of benzene rings is 6. The van der Waals surface area contributed by atoms with Crippen molar-refractivity contribution in [2.75, 3.05) is 46.6 Å². The number of aliphatic hydroxyl groups excluding tert-OH is 2. The molecule has 27 nitrogen and oxygen atoms in total. The second kappa shape index (κ2) is 34.7. The standard InChI is InChI=1S/2C27H25FIN5O4.C25H21FIN3O6S.5CH4/c1-14-23(30-21-9-6-15(29)10-20(21)28)22-24(31(2)25(14)36)33(27(38)34(26(22)37)16-7-8-16)18-5-3-4-17(11-18)32-12-19(35)13-32;1-14-23(30-16-4-3-5-18(11-16)32-12-19(35)13-32)22-24(31(2)25(14)36)34(21-9-6-15(29)10-20(21)28)27(38)33(26(22)37)17-7-8-17;1-13-4-9-17(10-5-13)37(34,35)36-21-14(2)23(31)28(3)22-20(21)24(32)29(16-7-8-16)25(33)30(22)19-11-6-15(27)12-18(19)26;;;;;/h3-6,9-11,16,19,30,35H,7-8,12-13H2,1-2H3;3-6,9-11,17,19,30,35H,7-8,12-13H2,1-2H3;4-6,9-12,16H,7-8H2,1-3H3;5*1H4. The summed E-state index contributed by atoms with van der Waals surface area (Å²) < 4.78 is 89.5. The first kappa shape index (κ1) is 90.2. The molecular formula is C84H91F3I3N13O14S. The molecule has 5 aliphatic rings. The maximum absolute atomic E-state index is 15.3. The van der Waals surface area contributed by atoms with E-state index in [1.54, 1.807) is 69.3 Å². The maximum atomic E-state index is 15.3. The van der Waals surface area contributed by atoms with Crippen molar-refractivity contribution in [1.82, 2.24) is 41.1 Å². The molecule has 0 amide bonds. The van der Waals surface area contributed by atoms with Crippen LogP contribution < -0.4 is 75.0 Å². The minimum Gasteiger partial charge on any atom is -0.389 e. The third kappa shape index (κ3) is 16.3. The average molecular weight is 1980 g/mol. The minimum atomic E-state index is -4.47. The van der Waals surface area contributed by atoms with Crippen molar-refractivity contribution in [3.63, 3.8) is 0 Å². The Kier molecular flexibility index (Phi) is 26.5. The fourth-order valence-corrected chi connectivity index (χ4v) is 16.7. The molecule has 5 fully saturated rings. The summed E-state index contributed by atoms with van der Waals surface area (Å²) >= 11 is 5.91. The third-order valence-corrected chi connectivity index (χ3v) is 24.1. The number of hydrogen-bond donors (Lipinski definition) is 4. The lowest BCUT2D eigenvalue weighted by atomic mass is 10.1. The van der Waals surface area contributed by atoms with Crippen molar-refractivity contribution >= 4 is 145 Å². The lowest BCUT2D eigenvalue weighted by Crippen LogP contribution is -2.50. The van der Waals surface area contributed by atoms with Gasteiger partial charge in [-0.05, 0) is 237 Å². The molecule has 6 aromatic carbocycles. The summed E-state index contributed by atoms with van der Waals surface area (Å²) in [4.78, 5) is 127. The quantitative estimate of drug-likeness (QED) is 0.0547. The normalized spacial score (nSPS) is 14.4. The van der Waals surface area contributed by atoms with Crippen molar-refractivity contribution in [1.29, 1.82) is 0 Å². The molecule has 2 saturated heterocycles. The van der Waals surface area contributed by atoms with E-state index in [1.165, 1.54) is 93.4 Å². The van der Waals surface area contributed by atoms with Gasteiger partial charge in [-0.25, -0.2) is 41.3 Å². The summed E-state index contributed by atoms with van der Waals surface area (Å²) in [5.41, 5.74) is -1.10. The highest BCUT2D eigenvalue weighted by atomic mass is 127. The summed E-state index contributed by atoms with van der Waals surface area (Å²) in [6.07, 6.45) is 3.08. The first-order chi connectivity index (χ1) is 53.7. The Hall–Kier alpha value is -10.2. The zero-order chi connectivity index (χ0) is 80.6. The Bertz CT molecular complexity index is 6770. The fourth-order valence-electron chi connectivity index (χ4n) is 14.4. The number of nitrogens with one attached hydrogen (secondary N) is 2. The molecule has 0 unspecified atom stereocenters. The first-order valence-corrected chi connectivity index (χ1v) is 40.6. The smallest absolute Gasteiger partial charge is 0.339 e. The predicted octanol–water partition coefficient (Wildman–Crippen LogP) is 12.8. The Balaban J connectivity index is 0.000000183. The minimum absolute atomic E-state index is 0. The molecule has 2 aliphatic heterocycles. The molecule has 12 aromatic rings. The number of halogens is 6. The van der Waals surface area contributed by atoms with Crippen molar-refractivity contribution in [2.24, 2.45) is 21.1 Å². The van der Waals surface area contributed by atoms with E-state index < -0.39 is 95.9 Å². The number of rotatable bonds is 15. The Morgan fingerprint density at radius 1 is 0.424 bits per heavy atom. The molecule has 0 atom stereocenters. The number of aryl methyl sites for hydroxylation is 4. The number of nitrogens with zero attached hydrogens (tertiary/aromatic N) is 11. The Labute approximate surface area is 717 Å². The number of fused-ring (bicyclic) bond motifs is 3. The van der Waals surface area contributed by atoms with Gasteiger partial charge in [0.25, 0.3) is 33.4 Å². The summed E-state index contributed by atoms with van der Waals surface area (Å²) in [5.74, 6) is -2.39. The Morgan fingerprint density at radius 3 is 1.23 bits per heavy atom. The topological polar surface area (TPSA) is 312 Å². The van der Waals surface area contributed by atoms with E-state index in [0.29, 0.717) is 92.4 Å². The maximum Gasteiger partial charge on any atom is 0.339 e. The first-order valence-electron chi connectivity index (χ1n) is 35.9. The van der Waals surface area contributed by atoms with E-state index in [9.17, 15) is 66.2 Å². The van der Waals surface area contributed by atoms with E-state index in [2.05, 4.69) is 10.6 Å². The number of anilines is 6. The van der Waals surface area contributed by atoms with Gasteiger partial charge in [0.05, 0.1) is 51.9 Å². The monoisotopic (exact) mass is 1980 g/mol. The molecule has 118 heavy (non-hydrogen) atoms. The van der Waals surface area contributed by atoms with Crippen LogP contribution in [0.25, 0.3) is 50.2 Å². The molecule has 3 aliphatic carbocycles. The molecule has 3 saturated carbocycles. The van der Waals surface area contributed by atoms with Gasteiger partial charge < -0.3 is 34.8 Å². The molecule has 17 rings (SSSR count). The van der Waals surface area contributed by atoms with Crippen LogP contribution in [0.2, 0.25) is 0 Å². The van der Waals surface area contributed by atoms with Gasteiger partial charge in [0.2, 0.25) is 0 Å². The number of hydrogen-bond acceptors (Lipinski definition) is 18. The summed E-state index contributed by atoms with van der Waals surface area (Å²) in [7, 11) is -0.125. The van der Waals surface area contributed by atoms with Crippen molar-refractivity contribution in [2.45, 2.75) is 139 Å². The van der Waals surface area contributed by atoms with Crippen molar-refractivity contribution < 1.29 is 36.0 Å². The average Bonchev–Trinajstić information content (AvgIpc) is 1.56. The highest BCUT2D eigenvalue weighted by Gasteiger charge is 2.38. The van der Waals surface area contributed by atoms with Crippen LogP contribution in [-0.2, 0) is 31.3 Å². The van der Waals surface area contributed by atoms with Crippen LogP contribution in [0.5, 0.6) is 5.75 Å². The van der Waals surface area contributed by atoms with Crippen molar-refractivity contribution in [3.05, 3.63) is 271 Å². The largest absolute Gasteiger partial charge is 0.389 e. The van der Waals surface area contributed by atoms with Gasteiger partial charge in [0, 0.05) is 104 Å². The molecule has 0 radical (unpaired) electrons. The van der Waals surface area contributed by atoms with Crippen LogP contribution in [-0.4, -0.2) is 98.1 Å². The lowest BCUT2D eigenvalue weighted by Gasteiger charge is -2.38. The SMILES string of the molecule is C.C.C.C.C.Cc1c(Nc2ccc(I)cc2F)c2c(=O)n(C3CC3)c(=O)n(-c3cccc(N4CC(O)C4)c3)c2n(C)c1=O.Cc1c(Nc2cccc(N3CC(O)C3)c2)c2c(=O)n(C3CC3)c(=O)n(-c3ccc(I)cc3F)c2n(C)c1=O.Cc1ccc(S(=O)(=O)Oc2c(C)c(=O)n(C)c3c2c(=O)n(C2CC2)c(=O)n3-c2ccc(I)cc2F)cc1. The van der Waals surface area contributed by atoms with Crippen LogP contribution >= 0.6 is 67.8 Å². The van der Waals surface area contributed by atoms with Crippen LogP contribution in [0.15, 0.2) is 175 Å². The highest BCUT2D eigenvalue weighted by molar-refractivity contribution is 14.1. The summed E-state index contributed by atoms with van der Waals surface area (Å²) in [5, 5.41) is 25.7. The zero-order valence-corrected chi connectivity index (χ0v) is 68.8. The van der Waals surface area contributed by atoms with Gasteiger partial charge in [-0.2, -0.15) is 8.42 Å². The van der Waals surface area contributed by atoms with E-state index in [-0.39, 0.29) is 133 Å². The predicted molar refractivity (Wildman–Crippen MR) is 483 cm³/mol. The molecule has 8 heterocycles. The molecule has 0 bridgehead atoms. The molecule has 0 spiro atoms. The molecule has 4 N–H and O–H groups in total. The number of β-amino-alcohol motifs (C(OH)–C–C–N with tert-alkyl or cyclic N) is 2. The molecule has 34 heteroatoms. The van der Waals surface area contributed by atoms with Crippen molar-refractivity contribution in [3.8, 4) is 22.8 Å². The van der Waals surface area contributed by atoms with E-state index >= 15 is 8.78 Å². The van der Waals surface area contributed by atoms with Gasteiger partial charge in [0.15, 0.2) is 5.75 Å². The van der Waals surface area contributed by atoms with Gasteiger partial charge in [-0.15, -0.1) is 0 Å². The number of aromatic nitrogens is 9. The van der Waals surface area contributed by atoms with Gasteiger partial charge >= 0.3 is 27.2 Å². The molecule has 624 valence electrons. The fraction of sp³-hybridized carbons (Fsp3) is 0.321. The summed E-state index contributed by atoms with van der Waals surface area (Å²) in [6, 6.07) is 32.9. The van der Waals surface area contributed by atoms with Crippen LogP contribution in [0, 0.1) is 55.9 Å². The van der Waals surface area contributed by atoms with Crippen LogP contribution in [0.4, 0.5) is 47.3 Å². The number of aliphatic hydroxyl groups is 2. The second-order valence-corrected chi connectivity index (χ2v) is 34.1. The zero-order valence-electron chi connectivity index (χ0n) is 61.5. The Morgan fingerprint density at radius 2 is 0.797 bits per heavy atom. The van der Waals surface area contributed by atoms with Gasteiger partial charge in [-0.3, -0.25) is 56.2 Å². The van der Waals surface area contributed by atoms with Gasteiger partial charge in [-0.1, -0.05) is 67.0 Å².